The van der Waals surface area contributed by atoms with E-state index in [9.17, 15) is 9.59 Å². The lowest BCUT2D eigenvalue weighted by Crippen LogP contribution is -2.22. The molecule has 0 fully saturated rings. The van der Waals surface area contributed by atoms with E-state index in [0.29, 0.717) is 10.2 Å². The van der Waals surface area contributed by atoms with Crippen molar-refractivity contribution in [1.29, 1.82) is 0 Å². The van der Waals surface area contributed by atoms with E-state index in [1.165, 1.54) is 12.1 Å². The molecular weight excluding hydrogens is 264 g/mol. The number of nitrogens with two attached hydrogens (primary N) is 1. The summed E-state index contributed by atoms with van der Waals surface area (Å²) in [6, 6.07) is 4.40. The highest BCUT2D eigenvalue weighted by atomic mass is 79.9. The van der Waals surface area contributed by atoms with Gasteiger partial charge < -0.3 is 16.2 Å². The Morgan fingerprint density at radius 3 is 2.60 bits per heavy atom. The Morgan fingerprint density at radius 2 is 2.07 bits per heavy atom. The predicted molar refractivity (Wildman–Crippen MR) is 58.8 cm³/mol. The summed E-state index contributed by atoms with van der Waals surface area (Å²) < 4.78 is 0.578. The van der Waals surface area contributed by atoms with Crippen LogP contribution in [0.1, 0.15) is 10.4 Å². The van der Waals surface area contributed by atoms with Gasteiger partial charge in [-0.15, -0.1) is 0 Å². The van der Waals surface area contributed by atoms with Gasteiger partial charge in [-0.25, -0.2) is 4.79 Å². The number of hydrogen-bond acceptors (Lipinski definition) is 3. The molecule has 15 heavy (non-hydrogen) atoms. The Kier molecular flexibility index (Phi) is 3.81. The van der Waals surface area contributed by atoms with Crippen molar-refractivity contribution in [2.45, 2.75) is 0 Å². The molecule has 1 rings (SSSR count). The number of carboxylic acid groups (broad SMARTS) is 1. The molecule has 0 aromatic heterocycles. The van der Waals surface area contributed by atoms with Gasteiger partial charge in [0.25, 0.3) is 0 Å². The van der Waals surface area contributed by atoms with E-state index in [0.717, 1.165) is 0 Å². The highest BCUT2D eigenvalue weighted by Crippen LogP contribution is 2.19. The minimum atomic E-state index is -1.06. The van der Waals surface area contributed by atoms with Crippen LogP contribution in [0.4, 0.5) is 5.69 Å². The van der Waals surface area contributed by atoms with E-state index in [4.69, 9.17) is 10.8 Å². The smallest absolute Gasteiger partial charge is 0.335 e. The average Bonchev–Trinajstić information content (AvgIpc) is 2.16. The third kappa shape index (κ3) is 3.34. The van der Waals surface area contributed by atoms with Crippen molar-refractivity contribution in [3.05, 3.63) is 28.2 Å². The molecule has 0 atom stereocenters. The SMILES string of the molecule is NCC(=O)Nc1cc(Br)cc(C(=O)O)c1. The molecule has 0 saturated heterocycles. The molecule has 0 aliphatic heterocycles. The van der Waals surface area contributed by atoms with Crippen molar-refractivity contribution in [1.82, 2.24) is 0 Å². The van der Waals surface area contributed by atoms with Crippen molar-refractivity contribution >= 4 is 33.5 Å². The lowest BCUT2D eigenvalue weighted by molar-refractivity contribution is -0.114. The summed E-state index contributed by atoms with van der Waals surface area (Å²) in [6.45, 7) is -0.144. The average molecular weight is 273 g/mol. The summed E-state index contributed by atoms with van der Waals surface area (Å²) in [4.78, 5) is 21.7. The van der Waals surface area contributed by atoms with Crippen molar-refractivity contribution in [3.63, 3.8) is 0 Å². The number of anilines is 1. The van der Waals surface area contributed by atoms with Crippen LogP contribution in [0.3, 0.4) is 0 Å². The maximum atomic E-state index is 11.0. The number of carboxylic acids is 1. The molecule has 1 amide bonds. The Labute approximate surface area is 94.4 Å². The molecule has 4 N–H and O–H groups in total. The molecule has 6 heteroatoms. The van der Waals surface area contributed by atoms with E-state index >= 15 is 0 Å². The van der Waals surface area contributed by atoms with Gasteiger partial charge in [0, 0.05) is 10.2 Å². The van der Waals surface area contributed by atoms with Gasteiger partial charge in [0.2, 0.25) is 5.91 Å². The van der Waals surface area contributed by atoms with Crippen LogP contribution in [0.2, 0.25) is 0 Å². The molecule has 80 valence electrons. The Hall–Kier alpha value is -1.40. The lowest BCUT2D eigenvalue weighted by atomic mass is 10.2. The van der Waals surface area contributed by atoms with E-state index in [1.807, 2.05) is 0 Å². The molecule has 0 bridgehead atoms. The zero-order valence-electron chi connectivity index (χ0n) is 7.66. The van der Waals surface area contributed by atoms with Crippen molar-refractivity contribution in [3.8, 4) is 0 Å². The summed E-state index contributed by atoms with van der Waals surface area (Å²) in [7, 11) is 0. The predicted octanol–water partition coefficient (Wildman–Crippen LogP) is 1.04. The first kappa shape index (κ1) is 11.7. The van der Waals surface area contributed by atoms with Gasteiger partial charge in [-0.2, -0.15) is 0 Å². The maximum Gasteiger partial charge on any atom is 0.335 e. The minimum Gasteiger partial charge on any atom is -0.478 e. The monoisotopic (exact) mass is 272 g/mol. The fourth-order valence-corrected chi connectivity index (χ4v) is 1.49. The molecule has 0 aliphatic carbocycles. The van der Waals surface area contributed by atoms with Crippen molar-refractivity contribution in [2.75, 3.05) is 11.9 Å². The summed E-state index contributed by atoms with van der Waals surface area (Å²) in [5.74, 6) is -1.43. The van der Waals surface area contributed by atoms with E-state index in [2.05, 4.69) is 21.2 Å². The van der Waals surface area contributed by atoms with Crippen LogP contribution >= 0.6 is 15.9 Å². The third-order valence-corrected chi connectivity index (χ3v) is 2.07. The highest BCUT2D eigenvalue weighted by Gasteiger charge is 2.07. The number of hydrogen-bond donors (Lipinski definition) is 3. The molecule has 1 aromatic rings. The fraction of sp³-hybridized carbons (Fsp3) is 0.111. The Balaban J connectivity index is 2.98. The number of aromatic carboxylic acids is 1. The van der Waals surface area contributed by atoms with Crippen LogP contribution in [0.25, 0.3) is 0 Å². The van der Waals surface area contributed by atoms with Crippen LogP contribution in [0.5, 0.6) is 0 Å². The zero-order valence-corrected chi connectivity index (χ0v) is 9.24. The first-order chi connectivity index (χ1) is 7.02. The summed E-state index contributed by atoms with van der Waals surface area (Å²) in [6.07, 6.45) is 0. The van der Waals surface area contributed by atoms with Gasteiger partial charge in [0.15, 0.2) is 0 Å². The summed E-state index contributed by atoms with van der Waals surface area (Å²) in [5.41, 5.74) is 5.61. The Morgan fingerprint density at radius 1 is 1.40 bits per heavy atom. The molecule has 1 aromatic carbocycles. The van der Waals surface area contributed by atoms with Gasteiger partial charge in [-0.3, -0.25) is 4.79 Å². The largest absolute Gasteiger partial charge is 0.478 e. The second kappa shape index (κ2) is 4.90. The Bertz CT molecular complexity index is 406. The first-order valence-corrected chi connectivity index (χ1v) is 4.86. The number of rotatable bonds is 3. The molecule has 0 heterocycles. The number of nitrogens with one attached hydrogen (secondary N) is 1. The van der Waals surface area contributed by atoms with Gasteiger partial charge in [0.1, 0.15) is 0 Å². The molecule has 5 nitrogen and oxygen atoms in total. The number of halogens is 1. The van der Waals surface area contributed by atoms with Gasteiger partial charge in [-0.05, 0) is 18.2 Å². The quantitative estimate of drug-likeness (QED) is 0.767. The van der Waals surface area contributed by atoms with Crippen molar-refractivity contribution < 1.29 is 14.7 Å². The maximum absolute atomic E-state index is 11.0. The van der Waals surface area contributed by atoms with Crippen LogP contribution in [0, 0.1) is 0 Å². The van der Waals surface area contributed by atoms with Gasteiger partial charge >= 0.3 is 5.97 Å². The lowest BCUT2D eigenvalue weighted by Gasteiger charge is -2.05. The number of amides is 1. The van der Waals surface area contributed by atoms with Crippen LogP contribution in [0.15, 0.2) is 22.7 Å². The van der Waals surface area contributed by atoms with Crippen LogP contribution < -0.4 is 11.1 Å². The van der Waals surface area contributed by atoms with Crippen LogP contribution in [-0.4, -0.2) is 23.5 Å². The molecule has 0 aliphatic rings. The van der Waals surface area contributed by atoms with E-state index in [-0.39, 0.29) is 18.0 Å². The molecular formula is C9H9BrN2O3. The number of carbonyl (C=O) groups is 2. The third-order valence-electron chi connectivity index (χ3n) is 1.61. The zero-order chi connectivity index (χ0) is 11.4. The topological polar surface area (TPSA) is 92.4 Å². The summed E-state index contributed by atoms with van der Waals surface area (Å²) >= 11 is 3.15. The fourth-order valence-electron chi connectivity index (χ4n) is 0.997. The van der Waals surface area contributed by atoms with Gasteiger partial charge in [-0.1, -0.05) is 15.9 Å². The summed E-state index contributed by atoms with van der Waals surface area (Å²) in [5, 5.41) is 11.2. The molecule has 0 radical (unpaired) electrons. The molecule has 0 saturated carbocycles. The standard InChI is InChI=1S/C9H9BrN2O3/c10-6-1-5(9(14)15)2-7(3-6)12-8(13)4-11/h1-3H,4,11H2,(H,12,13)(H,14,15). The highest BCUT2D eigenvalue weighted by molar-refractivity contribution is 9.10. The normalized spacial score (nSPS) is 9.73. The van der Waals surface area contributed by atoms with Crippen molar-refractivity contribution in [2.24, 2.45) is 5.73 Å². The van der Waals surface area contributed by atoms with E-state index < -0.39 is 5.97 Å². The second-order valence-electron chi connectivity index (χ2n) is 2.79. The number of benzene rings is 1. The minimum absolute atomic E-state index is 0.0942. The van der Waals surface area contributed by atoms with Crippen LogP contribution in [-0.2, 0) is 4.79 Å². The number of carbonyl (C=O) groups excluding carboxylic acids is 1. The first-order valence-electron chi connectivity index (χ1n) is 4.06. The molecule has 0 spiro atoms. The molecule has 0 unspecified atom stereocenters. The second-order valence-corrected chi connectivity index (χ2v) is 3.70. The van der Waals surface area contributed by atoms with Gasteiger partial charge in [0.05, 0.1) is 12.1 Å². The van der Waals surface area contributed by atoms with E-state index in [1.54, 1.807) is 6.07 Å².